The van der Waals surface area contributed by atoms with Gasteiger partial charge in [0.2, 0.25) is 0 Å². The second kappa shape index (κ2) is 6.61. The summed E-state index contributed by atoms with van der Waals surface area (Å²) in [6.07, 6.45) is -0.100. The van der Waals surface area contributed by atoms with Crippen molar-refractivity contribution in [3.63, 3.8) is 0 Å². The number of hydrogen-bond acceptors (Lipinski definition) is 2. The molecular formula is C16H24N2O3. The molecule has 0 saturated heterocycles. The highest BCUT2D eigenvalue weighted by Crippen LogP contribution is 2.23. The number of amides is 2. The number of carboxylic acid groups (broad SMARTS) is 1. The van der Waals surface area contributed by atoms with E-state index >= 15 is 0 Å². The zero-order chi connectivity index (χ0) is 16.2. The fraction of sp³-hybridized carbons (Fsp3) is 0.500. The van der Waals surface area contributed by atoms with Crippen molar-refractivity contribution in [2.24, 2.45) is 5.41 Å². The van der Waals surface area contributed by atoms with Gasteiger partial charge < -0.3 is 10.4 Å². The van der Waals surface area contributed by atoms with Crippen LogP contribution in [-0.2, 0) is 4.79 Å². The summed E-state index contributed by atoms with van der Waals surface area (Å²) in [5.41, 5.74) is 1.46. The fourth-order valence-electron chi connectivity index (χ4n) is 2.04. The van der Waals surface area contributed by atoms with E-state index in [0.717, 1.165) is 11.3 Å². The normalized spacial score (nSPS) is 12.6. The lowest BCUT2D eigenvalue weighted by Gasteiger charge is -2.32. The number of urea groups is 1. The number of nitrogens with one attached hydrogen (secondary N) is 1. The van der Waals surface area contributed by atoms with Crippen LogP contribution in [0.25, 0.3) is 0 Å². The first-order chi connectivity index (χ1) is 9.62. The molecule has 1 atom stereocenters. The Morgan fingerprint density at radius 2 is 1.86 bits per heavy atom. The number of benzene rings is 1. The Morgan fingerprint density at radius 3 is 2.33 bits per heavy atom. The van der Waals surface area contributed by atoms with E-state index in [0.29, 0.717) is 0 Å². The number of aliphatic carboxylic acids is 1. The lowest BCUT2D eigenvalue weighted by Crippen LogP contribution is -2.49. The molecular weight excluding hydrogens is 268 g/mol. The number of carbonyl (C=O) groups excluding carboxylic acids is 1. The SMILES string of the molecule is Cc1ccccc1N(C)C(=O)NC(CC(=O)O)C(C)(C)C. The molecule has 1 aromatic carbocycles. The van der Waals surface area contributed by atoms with Crippen LogP contribution in [0.1, 0.15) is 32.8 Å². The number of hydrogen-bond donors (Lipinski definition) is 2. The number of aryl methyl sites for hydroxylation is 1. The molecule has 0 heterocycles. The Kier molecular flexibility index (Phi) is 5.35. The number of nitrogens with zero attached hydrogens (tertiary/aromatic N) is 1. The van der Waals surface area contributed by atoms with Gasteiger partial charge in [0.05, 0.1) is 6.42 Å². The summed E-state index contributed by atoms with van der Waals surface area (Å²) in [5.74, 6) is -0.922. The average Bonchev–Trinajstić information content (AvgIpc) is 2.36. The Labute approximate surface area is 126 Å². The van der Waals surface area contributed by atoms with Crippen molar-refractivity contribution in [1.29, 1.82) is 0 Å². The van der Waals surface area contributed by atoms with Crippen molar-refractivity contribution < 1.29 is 14.7 Å². The summed E-state index contributed by atoms with van der Waals surface area (Å²) in [7, 11) is 1.68. The van der Waals surface area contributed by atoms with E-state index in [-0.39, 0.29) is 17.9 Å². The van der Waals surface area contributed by atoms with Crippen molar-refractivity contribution in [2.75, 3.05) is 11.9 Å². The van der Waals surface area contributed by atoms with E-state index in [9.17, 15) is 9.59 Å². The van der Waals surface area contributed by atoms with Gasteiger partial charge in [0.25, 0.3) is 0 Å². The molecule has 0 aromatic heterocycles. The summed E-state index contributed by atoms with van der Waals surface area (Å²) in [6.45, 7) is 7.66. The van der Waals surface area contributed by atoms with Gasteiger partial charge in [0.1, 0.15) is 0 Å². The molecule has 0 aliphatic heterocycles. The van der Waals surface area contributed by atoms with Gasteiger partial charge in [-0.3, -0.25) is 9.69 Å². The molecule has 1 unspecified atom stereocenters. The third-order valence-corrected chi connectivity index (χ3v) is 3.50. The standard InChI is InChI=1S/C16H24N2O3/c1-11-8-6-7-9-12(11)18(5)15(21)17-13(10-14(19)20)16(2,3)4/h6-9,13H,10H2,1-5H3,(H,17,21)(H,19,20). The third-order valence-electron chi connectivity index (χ3n) is 3.50. The lowest BCUT2D eigenvalue weighted by molar-refractivity contribution is -0.138. The molecule has 2 N–H and O–H groups in total. The van der Waals surface area contributed by atoms with Crippen molar-refractivity contribution in [2.45, 2.75) is 40.2 Å². The highest BCUT2D eigenvalue weighted by molar-refractivity contribution is 5.92. The number of carbonyl (C=O) groups is 2. The van der Waals surface area contributed by atoms with Gasteiger partial charge in [-0.25, -0.2) is 4.79 Å². The summed E-state index contributed by atoms with van der Waals surface area (Å²) in [6, 6.07) is 6.83. The maximum absolute atomic E-state index is 12.4. The van der Waals surface area contributed by atoms with Crippen LogP contribution in [0.2, 0.25) is 0 Å². The predicted molar refractivity (Wildman–Crippen MR) is 83.6 cm³/mol. The molecule has 1 rings (SSSR count). The third kappa shape index (κ3) is 4.77. The van der Waals surface area contributed by atoms with E-state index in [4.69, 9.17) is 5.11 Å². The number of anilines is 1. The number of carboxylic acids is 1. The van der Waals surface area contributed by atoms with Crippen LogP contribution in [0, 0.1) is 12.3 Å². The van der Waals surface area contributed by atoms with Crippen LogP contribution in [0.5, 0.6) is 0 Å². The van der Waals surface area contributed by atoms with Crippen molar-refractivity contribution >= 4 is 17.7 Å². The van der Waals surface area contributed by atoms with Crippen molar-refractivity contribution in [3.8, 4) is 0 Å². The minimum absolute atomic E-state index is 0.100. The van der Waals surface area contributed by atoms with Crippen molar-refractivity contribution in [1.82, 2.24) is 5.32 Å². The molecule has 0 radical (unpaired) electrons. The summed E-state index contributed by atoms with van der Waals surface area (Å²) in [4.78, 5) is 24.8. The van der Waals surface area contributed by atoms with E-state index in [1.165, 1.54) is 4.90 Å². The van der Waals surface area contributed by atoms with E-state index < -0.39 is 12.0 Å². The molecule has 21 heavy (non-hydrogen) atoms. The van der Waals surface area contributed by atoms with Crippen molar-refractivity contribution in [3.05, 3.63) is 29.8 Å². The molecule has 0 aliphatic carbocycles. The monoisotopic (exact) mass is 292 g/mol. The second-order valence-corrected chi connectivity index (χ2v) is 6.31. The molecule has 1 aromatic rings. The molecule has 0 aliphatic rings. The second-order valence-electron chi connectivity index (χ2n) is 6.31. The highest BCUT2D eigenvalue weighted by Gasteiger charge is 2.29. The summed E-state index contributed by atoms with van der Waals surface area (Å²) < 4.78 is 0. The molecule has 0 spiro atoms. The first-order valence-electron chi connectivity index (χ1n) is 6.94. The van der Waals surface area contributed by atoms with E-state index in [1.807, 2.05) is 52.0 Å². The van der Waals surface area contributed by atoms with Gasteiger partial charge in [0, 0.05) is 18.8 Å². The first kappa shape index (κ1) is 17.0. The molecule has 2 amide bonds. The molecule has 0 fully saturated rings. The quantitative estimate of drug-likeness (QED) is 0.896. The van der Waals surface area contributed by atoms with Crippen LogP contribution in [-0.4, -0.2) is 30.2 Å². The van der Waals surface area contributed by atoms with Crippen LogP contribution in [0.4, 0.5) is 10.5 Å². The first-order valence-corrected chi connectivity index (χ1v) is 6.94. The largest absolute Gasteiger partial charge is 0.481 e. The molecule has 5 nitrogen and oxygen atoms in total. The Morgan fingerprint density at radius 1 is 1.29 bits per heavy atom. The molecule has 0 bridgehead atoms. The van der Waals surface area contributed by atoms with Crippen LogP contribution in [0.3, 0.4) is 0 Å². The van der Waals surface area contributed by atoms with Gasteiger partial charge in [-0.2, -0.15) is 0 Å². The van der Waals surface area contributed by atoms with Gasteiger partial charge in [0.15, 0.2) is 0 Å². The average molecular weight is 292 g/mol. The van der Waals surface area contributed by atoms with Gasteiger partial charge >= 0.3 is 12.0 Å². The maximum Gasteiger partial charge on any atom is 0.321 e. The van der Waals surface area contributed by atoms with Gasteiger partial charge in [-0.15, -0.1) is 0 Å². The van der Waals surface area contributed by atoms with Gasteiger partial charge in [-0.1, -0.05) is 39.0 Å². The Hall–Kier alpha value is -2.04. The Bertz CT molecular complexity index is 520. The highest BCUT2D eigenvalue weighted by atomic mass is 16.4. The predicted octanol–water partition coefficient (Wildman–Crippen LogP) is 3.03. The van der Waals surface area contributed by atoms with E-state index in [1.54, 1.807) is 7.05 Å². The zero-order valence-electron chi connectivity index (χ0n) is 13.3. The van der Waals surface area contributed by atoms with Gasteiger partial charge in [-0.05, 0) is 24.0 Å². The number of para-hydroxylation sites is 1. The number of rotatable bonds is 4. The van der Waals surface area contributed by atoms with Crippen LogP contribution in [0.15, 0.2) is 24.3 Å². The van der Waals surface area contributed by atoms with E-state index in [2.05, 4.69) is 5.32 Å². The summed E-state index contributed by atoms with van der Waals surface area (Å²) >= 11 is 0. The molecule has 5 heteroatoms. The molecule has 116 valence electrons. The lowest BCUT2D eigenvalue weighted by atomic mass is 9.85. The van der Waals surface area contributed by atoms with Crippen LogP contribution >= 0.6 is 0 Å². The summed E-state index contributed by atoms with van der Waals surface area (Å²) in [5, 5.41) is 11.8. The smallest absolute Gasteiger partial charge is 0.321 e. The van der Waals surface area contributed by atoms with Crippen LogP contribution < -0.4 is 10.2 Å². The Balaban J connectivity index is 2.87. The molecule has 0 saturated carbocycles. The zero-order valence-corrected chi connectivity index (χ0v) is 13.3. The minimum Gasteiger partial charge on any atom is -0.481 e. The fourth-order valence-corrected chi connectivity index (χ4v) is 2.04. The minimum atomic E-state index is -0.922. The maximum atomic E-state index is 12.4. The topological polar surface area (TPSA) is 69.6 Å².